The molecule has 2 nitrogen and oxygen atoms in total. The molecule has 19 heavy (non-hydrogen) atoms. The Bertz CT molecular complexity index is 570. The van der Waals surface area contributed by atoms with Crippen molar-refractivity contribution >= 4 is 43.7 Å². The van der Waals surface area contributed by atoms with Gasteiger partial charge in [-0.25, -0.2) is 4.39 Å². The molecule has 0 amide bonds. The van der Waals surface area contributed by atoms with Gasteiger partial charge in [0.25, 0.3) is 0 Å². The third-order valence-electron chi connectivity index (χ3n) is 2.95. The molecule has 2 aromatic carbocycles. The topological polar surface area (TPSA) is 37.3 Å². The Morgan fingerprint density at radius 1 is 1.16 bits per heavy atom. The summed E-state index contributed by atoms with van der Waals surface area (Å²) in [6, 6.07) is 13.7. The summed E-state index contributed by atoms with van der Waals surface area (Å²) in [5.74, 6) is -2.06. The summed E-state index contributed by atoms with van der Waals surface area (Å²) >= 11 is 0. The van der Waals surface area contributed by atoms with Crippen LogP contribution in [0.5, 0.6) is 0 Å². The van der Waals surface area contributed by atoms with Gasteiger partial charge in [-0.15, -0.1) is 0 Å². The monoisotopic (exact) mass is 286 g/mol. The second-order valence-electron chi connectivity index (χ2n) is 4.17. The molecule has 0 spiro atoms. The molecule has 0 bridgehead atoms. The van der Waals surface area contributed by atoms with Gasteiger partial charge in [0, 0.05) is 5.56 Å². The molecular formula is C15H15CaFO2. The number of carboxylic acid groups (broad SMARTS) is 1. The first-order valence-electron chi connectivity index (χ1n) is 5.67. The Morgan fingerprint density at radius 3 is 2.32 bits per heavy atom. The Labute approximate surface area is 141 Å². The number of aliphatic carboxylic acids is 1. The van der Waals surface area contributed by atoms with Crippen molar-refractivity contribution in [2.24, 2.45) is 0 Å². The molecule has 4 heteroatoms. The molecule has 1 atom stereocenters. The molecule has 0 fully saturated rings. The summed E-state index contributed by atoms with van der Waals surface area (Å²) < 4.78 is 14.0. The molecule has 0 radical (unpaired) electrons. The predicted octanol–water partition coefficient (Wildman–Crippen LogP) is 2.76. The maximum absolute atomic E-state index is 14.0. The molecular weight excluding hydrogens is 271 g/mol. The molecule has 0 aliphatic carbocycles. The van der Waals surface area contributed by atoms with Crippen LogP contribution in [0.15, 0.2) is 48.5 Å². The van der Waals surface area contributed by atoms with E-state index in [0.717, 1.165) is 5.56 Å². The SMILES string of the molecule is CC(C(=O)O)c1ccc(-c2ccccc2)c(F)c1.[CaH2]. The van der Waals surface area contributed by atoms with Crippen molar-refractivity contribution in [3.63, 3.8) is 0 Å². The van der Waals surface area contributed by atoms with E-state index in [9.17, 15) is 9.18 Å². The standard InChI is InChI=1S/C15H13FO2.Ca.2H/c1-10(15(17)18)12-7-8-13(14(16)9-12)11-5-3-2-4-6-11;;;/h2-10H,1H3,(H,17,18);;;. The third kappa shape index (κ3) is 3.78. The van der Waals surface area contributed by atoms with Crippen LogP contribution in [-0.4, -0.2) is 48.8 Å². The fourth-order valence-corrected chi connectivity index (χ4v) is 1.80. The molecule has 0 aliphatic rings. The number of rotatable bonds is 3. The zero-order valence-corrected chi connectivity index (χ0v) is 9.93. The van der Waals surface area contributed by atoms with Gasteiger partial charge in [-0.3, -0.25) is 4.79 Å². The van der Waals surface area contributed by atoms with Crippen LogP contribution in [0.1, 0.15) is 18.4 Å². The summed E-state index contributed by atoms with van der Waals surface area (Å²) in [6.07, 6.45) is 0. The van der Waals surface area contributed by atoms with Crippen molar-refractivity contribution in [1.82, 2.24) is 0 Å². The van der Waals surface area contributed by atoms with Crippen molar-refractivity contribution in [3.8, 4) is 11.1 Å². The summed E-state index contributed by atoms with van der Waals surface area (Å²) in [5, 5.41) is 8.89. The van der Waals surface area contributed by atoms with E-state index in [-0.39, 0.29) is 37.7 Å². The van der Waals surface area contributed by atoms with Gasteiger partial charge in [-0.2, -0.15) is 0 Å². The quantitative estimate of drug-likeness (QED) is 0.881. The van der Waals surface area contributed by atoms with Gasteiger partial charge >= 0.3 is 43.7 Å². The number of hydrogen-bond acceptors (Lipinski definition) is 1. The van der Waals surface area contributed by atoms with E-state index in [1.807, 2.05) is 30.3 Å². The zero-order chi connectivity index (χ0) is 13.1. The van der Waals surface area contributed by atoms with Crippen LogP contribution in [0.4, 0.5) is 4.39 Å². The molecule has 2 aromatic rings. The first-order chi connectivity index (χ1) is 8.59. The molecule has 2 rings (SSSR count). The van der Waals surface area contributed by atoms with Crippen LogP contribution in [0.3, 0.4) is 0 Å². The van der Waals surface area contributed by atoms with Gasteiger partial charge in [0.2, 0.25) is 0 Å². The molecule has 1 unspecified atom stereocenters. The first-order valence-corrected chi connectivity index (χ1v) is 5.67. The van der Waals surface area contributed by atoms with Crippen LogP contribution in [0, 0.1) is 5.82 Å². The van der Waals surface area contributed by atoms with Crippen LogP contribution in [0.25, 0.3) is 11.1 Å². The normalized spacial score (nSPS) is 11.5. The fraction of sp³-hybridized carbons (Fsp3) is 0.133. The van der Waals surface area contributed by atoms with Crippen molar-refractivity contribution < 1.29 is 14.3 Å². The van der Waals surface area contributed by atoms with E-state index < -0.39 is 17.7 Å². The fourth-order valence-electron chi connectivity index (χ4n) is 1.80. The minimum atomic E-state index is -0.957. The molecule has 0 heterocycles. The van der Waals surface area contributed by atoms with Gasteiger partial charge in [0.1, 0.15) is 5.82 Å². The number of hydrogen-bond donors (Lipinski definition) is 1. The van der Waals surface area contributed by atoms with E-state index in [4.69, 9.17) is 5.11 Å². The minimum absolute atomic E-state index is 0. The second kappa shape index (κ2) is 7.04. The number of carbonyl (C=O) groups is 1. The second-order valence-corrected chi connectivity index (χ2v) is 4.17. The zero-order valence-electron chi connectivity index (χ0n) is 9.93. The first kappa shape index (κ1) is 16.2. The Morgan fingerprint density at radius 2 is 1.79 bits per heavy atom. The predicted molar refractivity (Wildman–Crippen MR) is 76.4 cm³/mol. The van der Waals surface area contributed by atoms with Crippen molar-refractivity contribution in [1.29, 1.82) is 0 Å². The van der Waals surface area contributed by atoms with E-state index in [0.29, 0.717) is 11.1 Å². The Balaban J connectivity index is 0.00000180. The molecule has 0 saturated heterocycles. The molecule has 1 N–H and O–H groups in total. The molecule has 96 valence electrons. The van der Waals surface area contributed by atoms with Crippen LogP contribution in [-0.2, 0) is 4.79 Å². The van der Waals surface area contributed by atoms with Crippen LogP contribution in [0.2, 0.25) is 0 Å². The van der Waals surface area contributed by atoms with E-state index >= 15 is 0 Å². The van der Waals surface area contributed by atoms with Gasteiger partial charge in [-0.1, -0.05) is 42.5 Å². The van der Waals surface area contributed by atoms with E-state index in [2.05, 4.69) is 0 Å². The van der Waals surface area contributed by atoms with Crippen LogP contribution >= 0.6 is 0 Å². The Kier molecular flexibility index (Phi) is 5.98. The van der Waals surface area contributed by atoms with Crippen molar-refractivity contribution in [2.75, 3.05) is 0 Å². The maximum atomic E-state index is 14.0. The van der Waals surface area contributed by atoms with Crippen molar-refractivity contribution in [3.05, 3.63) is 59.9 Å². The summed E-state index contributed by atoms with van der Waals surface area (Å²) in [5.41, 5.74) is 1.74. The summed E-state index contributed by atoms with van der Waals surface area (Å²) in [7, 11) is 0. The number of carboxylic acids is 1. The average Bonchev–Trinajstić information content (AvgIpc) is 2.38. The Hall–Kier alpha value is -0.900. The van der Waals surface area contributed by atoms with Crippen LogP contribution < -0.4 is 0 Å². The van der Waals surface area contributed by atoms with E-state index in [1.165, 1.54) is 6.07 Å². The van der Waals surface area contributed by atoms with Crippen molar-refractivity contribution in [2.45, 2.75) is 12.8 Å². The molecule has 0 aliphatic heterocycles. The summed E-state index contributed by atoms with van der Waals surface area (Å²) in [6.45, 7) is 1.54. The molecule has 0 aromatic heterocycles. The number of benzene rings is 2. The van der Waals surface area contributed by atoms with Gasteiger partial charge < -0.3 is 5.11 Å². The summed E-state index contributed by atoms with van der Waals surface area (Å²) in [4.78, 5) is 10.8. The van der Waals surface area contributed by atoms with Gasteiger partial charge in [0.05, 0.1) is 5.92 Å². The van der Waals surface area contributed by atoms with Gasteiger partial charge in [-0.05, 0) is 24.1 Å². The third-order valence-corrected chi connectivity index (χ3v) is 2.95. The average molecular weight is 286 g/mol. The molecule has 0 saturated carbocycles. The van der Waals surface area contributed by atoms with Gasteiger partial charge in [0.15, 0.2) is 0 Å². The number of halogens is 1. The van der Waals surface area contributed by atoms with E-state index in [1.54, 1.807) is 19.1 Å².